The van der Waals surface area contributed by atoms with E-state index in [0.717, 1.165) is 44.3 Å². The van der Waals surface area contributed by atoms with Crippen LogP contribution in [0.3, 0.4) is 0 Å². The number of carbonyl (C=O) groups excluding carboxylic acids is 1. The molecule has 1 fully saturated rings. The Hall–Kier alpha value is -1.75. The molecule has 0 aromatic heterocycles. The van der Waals surface area contributed by atoms with Crippen molar-refractivity contribution < 1.29 is 14.6 Å². The Morgan fingerprint density at radius 1 is 1.26 bits per heavy atom. The highest BCUT2D eigenvalue weighted by molar-refractivity contribution is 5.73. The number of aliphatic hydroxyl groups excluding tert-OH is 1. The topological polar surface area (TPSA) is 70.6 Å². The summed E-state index contributed by atoms with van der Waals surface area (Å²) in [6.45, 7) is 1.31. The van der Waals surface area contributed by atoms with Gasteiger partial charge >= 0.3 is 6.03 Å². The first-order valence-corrected chi connectivity index (χ1v) is 8.50. The quantitative estimate of drug-likeness (QED) is 0.676. The predicted octanol–water partition coefficient (Wildman–Crippen LogP) is 2.48. The second-order valence-corrected chi connectivity index (χ2v) is 6.27. The minimum absolute atomic E-state index is 0.111. The average Bonchev–Trinajstić information content (AvgIpc) is 2.57. The van der Waals surface area contributed by atoms with Crippen LogP contribution in [0.4, 0.5) is 4.79 Å². The number of carbonyl (C=O) groups is 1. The minimum Gasteiger partial charge on any atom is -0.497 e. The normalized spacial score (nSPS) is 20.8. The van der Waals surface area contributed by atoms with Crippen LogP contribution in [-0.4, -0.2) is 37.4 Å². The molecule has 0 bridgehead atoms. The van der Waals surface area contributed by atoms with E-state index < -0.39 is 0 Å². The molecular weight excluding hydrogens is 292 g/mol. The van der Waals surface area contributed by atoms with Crippen molar-refractivity contribution in [1.29, 1.82) is 0 Å². The Balaban J connectivity index is 1.55. The maximum absolute atomic E-state index is 11.8. The molecule has 0 spiro atoms. The lowest BCUT2D eigenvalue weighted by atomic mass is 9.87. The van der Waals surface area contributed by atoms with Crippen molar-refractivity contribution in [3.05, 3.63) is 29.8 Å². The fourth-order valence-corrected chi connectivity index (χ4v) is 3.03. The number of ether oxygens (including phenoxy) is 1. The van der Waals surface area contributed by atoms with Crippen molar-refractivity contribution in [3.63, 3.8) is 0 Å². The molecule has 0 heterocycles. The third-order valence-electron chi connectivity index (χ3n) is 4.39. The van der Waals surface area contributed by atoms with E-state index in [0.29, 0.717) is 19.0 Å². The van der Waals surface area contributed by atoms with E-state index in [1.54, 1.807) is 7.11 Å². The Kier molecular flexibility index (Phi) is 7.20. The fraction of sp³-hybridized carbons (Fsp3) is 0.611. The van der Waals surface area contributed by atoms with E-state index in [-0.39, 0.29) is 12.1 Å². The molecule has 0 aliphatic heterocycles. The summed E-state index contributed by atoms with van der Waals surface area (Å²) in [5.74, 6) is 1.27. The molecule has 1 aromatic carbocycles. The first-order valence-electron chi connectivity index (χ1n) is 8.50. The van der Waals surface area contributed by atoms with Crippen LogP contribution in [0.2, 0.25) is 0 Å². The number of nitrogens with one attached hydrogen (secondary N) is 2. The van der Waals surface area contributed by atoms with Crippen molar-refractivity contribution in [2.45, 2.75) is 44.6 Å². The van der Waals surface area contributed by atoms with E-state index >= 15 is 0 Å². The first-order chi connectivity index (χ1) is 11.2. The summed E-state index contributed by atoms with van der Waals surface area (Å²) in [6.07, 6.45) is 5.49. The highest BCUT2D eigenvalue weighted by Crippen LogP contribution is 2.23. The minimum atomic E-state index is -0.192. The standard InChI is InChI=1S/C18H28N2O3/c1-23-17-9-7-14(8-10-17)5-3-11-19-18(22)20-13-15-4-2-6-16(21)12-15/h7-10,15-16,21H,2-6,11-13H2,1H3,(H2,19,20,22). The van der Waals surface area contributed by atoms with Gasteiger partial charge in [0.25, 0.3) is 0 Å². The van der Waals surface area contributed by atoms with E-state index in [9.17, 15) is 9.90 Å². The van der Waals surface area contributed by atoms with Gasteiger partial charge in [-0.05, 0) is 55.7 Å². The van der Waals surface area contributed by atoms with Gasteiger partial charge in [-0.2, -0.15) is 0 Å². The zero-order valence-corrected chi connectivity index (χ0v) is 13.9. The zero-order valence-electron chi connectivity index (χ0n) is 13.9. The summed E-state index contributed by atoms with van der Waals surface area (Å²) in [5.41, 5.74) is 1.24. The van der Waals surface area contributed by atoms with Gasteiger partial charge in [-0.25, -0.2) is 4.79 Å². The van der Waals surface area contributed by atoms with Gasteiger partial charge in [0.05, 0.1) is 13.2 Å². The van der Waals surface area contributed by atoms with Crippen LogP contribution in [0.1, 0.15) is 37.7 Å². The maximum atomic E-state index is 11.8. The number of amides is 2. The number of hydrogen-bond acceptors (Lipinski definition) is 3. The van der Waals surface area contributed by atoms with Crippen LogP contribution < -0.4 is 15.4 Å². The summed E-state index contributed by atoms with van der Waals surface area (Å²) in [7, 11) is 1.66. The lowest BCUT2D eigenvalue weighted by Gasteiger charge is -2.25. The van der Waals surface area contributed by atoms with E-state index in [1.807, 2.05) is 24.3 Å². The van der Waals surface area contributed by atoms with E-state index in [4.69, 9.17) is 4.74 Å². The molecule has 2 unspecified atom stereocenters. The average molecular weight is 320 g/mol. The smallest absolute Gasteiger partial charge is 0.314 e. The molecule has 23 heavy (non-hydrogen) atoms. The number of rotatable bonds is 7. The second-order valence-electron chi connectivity index (χ2n) is 6.27. The molecule has 1 aliphatic rings. The molecule has 0 radical (unpaired) electrons. The molecule has 1 aliphatic carbocycles. The van der Waals surface area contributed by atoms with Gasteiger partial charge in [-0.3, -0.25) is 0 Å². The van der Waals surface area contributed by atoms with Crippen molar-refractivity contribution in [2.75, 3.05) is 20.2 Å². The van der Waals surface area contributed by atoms with Crippen molar-refractivity contribution in [1.82, 2.24) is 10.6 Å². The molecule has 1 saturated carbocycles. The molecular formula is C18H28N2O3. The summed E-state index contributed by atoms with van der Waals surface area (Å²) in [4.78, 5) is 11.8. The van der Waals surface area contributed by atoms with Crippen LogP contribution in [0.25, 0.3) is 0 Å². The summed E-state index contributed by atoms with van der Waals surface area (Å²) < 4.78 is 5.13. The molecule has 2 amide bonds. The van der Waals surface area contributed by atoms with Gasteiger partial charge in [0, 0.05) is 13.1 Å². The lowest BCUT2D eigenvalue weighted by molar-refractivity contribution is 0.101. The van der Waals surface area contributed by atoms with E-state index in [2.05, 4.69) is 10.6 Å². The van der Waals surface area contributed by atoms with Crippen molar-refractivity contribution in [2.24, 2.45) is 5.92 Å². The predicted molar refractivity (Wildman–Crippen MR) is 90.7 cm³/mol. The third-order valence-corrected chi connectivity index (χ3v) is 4.39. The molecule has 5 heteroatoms. The number of methoxy groups -OCH3 is 1. The van der Waals surface area contributed by atoms with Gasteiger partial charge in [-0.1, -0.05) is 18.6 Å². The highest BCUT2D eigenvalue weighted by atomic mass is 16.5. The highest BCUT2D eigenvalue weighted by Gasteiger charge is 2.20. The van der Waals surface area contributed by atoms with Gasteiger partial charge < -0.3 is 20.5 Å². The molecule has 2 rings (SSSR count). The Bertz CT molecular complexity index is 476. The number of hydrogen-bond donors (Lipinski definition) is 3. The molecule has 3 N–H and O–H groups in total. The number of urea groups is 1. The molecule has 1 aromatic rings. The van der Waals surface area contributed by atoms with Crippen LogP contribution in [-0.2, 0) is 6.42 Å². The molecule has 128 valence electrons. The third kappa shape index (κ3) is 6.48. The monoisotopic (exact) mass is 320 g/mol. The van der Waals surface area contributed by atoms with Gasteiger partial charge in [0.1, 0.15) is 5.75 Å². The van der Waals surface area contributed by atoms with E-state index in [1.165, 1.54) is 5.56 Å². The maximum Gasteiger partial charge on any atom is 0.314 e. The van der Waals surface area contributed by atoms with Gasteiger partial charge in [0.2, 0.25) is 0 Å². The largest absolute Gasteiger partial charge is 0.497 e. The Labute approximate surface area is 138 Å². The molecule has 0 saturated heterocycles. The Morgan fingerprint density at radius 3 is 2.74 bits per heavy atom. The van der Waals surface area contributed by atoms with Crippen molar-refractivity contribution >= 4 is 6.03 Å². The van der Waals surface area contributed by atoms with Crippen LogP contribution in [0.15, 0.2) is 24.3 Å². The lowest BCUT2D eigenvalue weighted by Crippen LogP contribution is -2.40. The molecule has 2 atom stereocenters. The number of benzene rings is 1. The van der Waals surface area contributed by atoms with Crippen LogP contribution >= 0.6 is 0 Å². The number of aryl methyl sites for hydroxylation is 1. The fourth-order valence-electron chi connectivity index (χ4n) is 3.03. The molecule has 5 nitrogen and oxygen atoms in total. The van der Waals surface area contributed by atoms with Crippen LogP contribution in [0.5, 0.6) is 5.75 Å². The zero-order chi connectivity index (χ0) is 16.5. The van der Waals surface area contributed by atoms with Crippen molar-refractivity contribution in [3.8, 4) is 5.75 Å². The summed E-state index contributed by atoms with van der Waals surface area (Å²) in [6, 6.07) is 7.89. The first kappa shape index (κ1) is 17.6. The Morgan fingerprint density at radius 2 is 2.04 bits per heavy atom. The van der Waals surface area contributed by atoms with Gasteiger partial charge in [-0.15, -0.1) is 0 Å². The van der Waals surface area contributed by atoms with Crippen LogP contribution in [0, 0.1) is 5.92 Å². The summed E-state index contributed by atoms with van der Waals surface area (Å²) in [5, 5.41) is 15.4. The van der Waals surface area contributed by atoms with Gasteiger partial charge in [0.15, 0.2) is 0 Å². The SMILES string of the molecule is COc1ccc(CCCNC(=O)NCC2CCCC(O)C2)cc1. The second kappa shape index (κ2) is 9.40. The number of aliphatic hydroxyl groups is 1. The summed E-state index contributed by atoms with van der Waals surface area (Å²) >= 11 is 0.